The number of benzene rings is 4. The molecule has 15 aliphatic rings. The minimum Gasteiger partial charge on any atom is -0.508 e. The van der Waals surface area contributed by atoms with E-state index in [0.29, 0.717) is 50.1 Å². The summed E-state index contributed by atoms with van der Waals surface area (Å²) < 4.78 is 21.7. The highest BCUT2D eigenvalue weighted by molar-refractivity contribution is 6.01. The SMILES string of the molecule is COc1cc2cc(O)c1Oc1cc(O)cc(c1)C[C@@H]1CC[C@]3(CC[C@@]45CC[C@]6(C4)[C@@H](O)c4ccc7c8cn(c(c48)[C@@H]6C=C[C@H]35)[C@H]2CC(=O)C[C@H](OC(C)=O)CC[C@]23C4=CC=C[C@@H]2CC=C[C@@H]3c2c[nH]cc2[C@@H](C#CC4)[C@@H](c2cccc(O)c2)C2=CCNC(=C2)N7CCC(=O)C2CCCCC2)C[C@H]1CO. The molecular weight excluding hydrogens is 1300 g/mol. The van der Waals surface area contributed by atoms with Crippen molar-refractivity contribution in [1.29, 1.82) is 0 Å². The fourth-order valence-corrected chi connectivity index (χ4v) is 23.6. The van der Waals surface area contributed by atoms with E-state index >= 15 is 4.79 Å². The molecule has 6 aliphatic heterocycles. The van der Waals surface area contributed by atoms with Crippen LogP contribution in [0.1, 0.15) is 210 Å². The minimum atomic E-state index is -0.886. The summed E-state index contributed by atoms with van der Waals surface area (Å²) in [6.45, 7) is 2.22. The van der Waals surface area contributed by atoms with E-state index in [9.17, 15) is 35.1 Å². The molecule has 0 radical (unpaired) electrons. The monoisotopic (exact) mass is 1400 g/mol. The molecule has 7 N–H and O–H groups in total. The molecule has 0 amide bonds. The zero-order valence-corrected chi connectivity index (χ0v) is 59.8. The summed E-state index contributed by atoms with van der Waals surface area (Å²) in [6, 6.07) is 19.8. The summed E-state index contributed by atoms with van der Waals surface area (Å²) in [7, 11) is 1.53. The van der Waals surface area contributed by atoms with Crippen LogP contribution in [0.15, 0.2) is 157 Å². The Morgan fingerprint density at radius 2 is 1.68 bits per heavy atom. The van der Waals surface area contributed by atoms with Gasteiger partial charge in [-0.2, -0.15) is 0 Å². The third-order valence-corrected chi connectivity index (χ3v) is 28.1. The first-order valence-electron chi connectivity index (χ1n) is 38.8. The number of carbonyl (C=O) groups is 3. The number of H-pyrrole nitrogens is 1. The number of aliphatic hydroxyl groups excluding tert-OH is 2. The van der Waals surface area contributed by atoms with Crippen molar-refractivity contribution in [3.8, 4) is 46.3 Å². The summed E-state index contributed by atoms with van der Waals surface area (Å²) in [5, 5.41) is 67.0. The van der Waals surface area contributed by atoms with Crippen LogP contribution in [-0.4, -0.2) is 85.5 Å². The molecule has 15 heteroatoms. The maximum absolute atomic E-state index is 16.3. The highest BCUT2D eigenvalue weighted by Crippen LogP contribution is 2.77. The topological polar surface area (TPSA) is 216 Å². The van der Waals surface area contributed by atoms with Crippen molar-refractivity contribution < 1.29 is 54.1 Å². The Bertz CT molecular complexity index is 4760. The Morgan fingerprint density at radius 1 is 0.827 bits per heavy atom. The van der Waals surface area contributed by atoms with Crippen molar-refractivity contribution in [1.82, 2.24) is 14.9 Å². The number of ether oxygens (including phenoxy) is 3. The molecule has 104 heavy (non-hydrogen) atoms. The fraction of sp³-hybridized carbons (Fsp3) is 0.472. The average Bonchev–Trinajstić information content (AvgIpc) is 1.50. The van der Waals surface area contributed by atoms with Gasteiger partial charge in [-0.1, -0.05) is 103 Å². The van der Waals surface area contributed by atoms with Crippen LogP contribution >= 0.6 is 0 Å². The van der Waals surface area contributed by atoms with Crippen molar-refractivity contribution in [2.75, 3.05) is 31.7 Å². The number of carbonyl (C=O) groups excluding carboxylic acids is 3. The summed E-state index contributed by atoms with van der Waals surface area (Å²) in [4.78, 5) is 50.9. The third kappa shape index (κ3) is 10.9. The first kappa shape index (κ1) is 66.9. The third-order valence-electron chi connectivity index (χ3n) is 28.1. The van der Waals surface area contributed by atoms with Gasteiger partial charge in [0.2, 0.25) is 5.75 Å². The van der Waals surface area contributed by atoms with Crippen molar-refractivity contribution in [2.24, 2.45) is 51.2 Å². The molecule has 15 nitrogen and oxygen atoms in total. The van der Waals surface area contributed by atoms with E-state index in [-0.39, 0.29) is 118 Å². The number of fused-ring (bicyclic) bond motifs is 1. The van der Waals surface area contributed by atoms with Crippen molar-refractivity contribution in [3.63, 3.8) is 0 Å². The quantitative estimate of drug-likeness (QED) is 0.0429. The van der Waals surface area contributed by atoms with Crippen molar-refractivity contribution in [2.45, 2.75) is 184 Å². The van der Waals surface area contributed by atoms with E-state index in [4.69, 9.17) is 14.2 Å². The molecule has 15 atom stereocenters. The number of rotatable bonds is 8. The number of nitrogens with zero attached hydrogens (tertiary/aromatic N) is 2. The number of hydrogen-bond donors (Lipinski definition) is 7. The van der Waals surface area contributed by atoms with Crippen LogP contribution in [0.4, 0.5) is 5.69 Å². The number of esters is 1. The van der Waals surface area contributed by atoms with E-state index in [2.05, 4.69) is 123 Å². The van der Waals surface area contributed by atoms with E-state index in [0.717, 1.165) is 151 Å². The highest BCUT2D eigenvalue weighted by atomic mass is 16.5. The fourth-order valence-electron chi connectivity index (χ4n) is 23.6. The molecule has 538 valence electrons. The molecule has 4 aromatic carbocycles. The lowest BCUT2D eigenvalue weighted by Crippen LogP contribution is -2.41. The van der Waals surface area contributed by atoms with Gasteiger partial charge in [-0.15, -0.1) is 0 Å². The molecular formula is C89H96N4O11. The lowest BCUT2D eigenvalue weighted by Gasteiger charge is -2.50. The molecule has 9 aliphatic carbocycles. The maximum atomic E-state index is 16.3. The average molecular weight is 1400 g/mol. The van der Waals surface area contributed by atoms with E-state index < -0.39 is 46.9 Å². The summed E-state index contributed by atoms with van der Waals surface area (Å²) in [5.74, 6) is 7.53. The maximum Gasteiger partial charge on any atom is 0.302 e. The molecule has 4 fully saturated rings. The second kappa shape index (κ2) is 26.0. The Kier molecular flexibility index (Phi) is 16.7. The summed E-state index contributed by atoms with van der Waals surface area (Å²) in [6.07, 6.45) is 40.7. The predicted octanol–water partition coefficient (Wildman–Crippen LogP) is 16.6. The first-order valence-corrected chi connectivity index (χ1v) is 38.8. The Labute approximate surface area is 608 Å². The molecule has 21 rings (SSSR count). The smallest absolute Gasteiger partial charge is 0.302 e. The predicted molar refractivity (Wildman–Crippen MR) is 398 cm³/mol. The molecule has 8 heterocycles. The summed E-state index contributed by atoms with van der Waals surface area (Å²) >= 11 is 0. The number of dihydropyridines is 1. The molecule has 4 saturated carbocycles. The number of ketones is 2. The number of methoxy groups -OCH3 is 1. The number of Topliss-reactive ketones (excluding diaryl/α,β-unsaturated/α-hetero) is 2. The van der Waals surface area contributed by atoms with Crippen LogP contribution in [0.5, 0.6) is 34.5 Å². The van der Waals surface area contributed by atoms with Crippen LogP contribution in [0.25, 0.3) is 10.8 Å². The van der Waals surface area contributed by atoms with Crippen LogP contribution in [0.3, 0.4) is 0 Å². The number of phenols is 3. The van der Waals surface area contributed by atoms with Crippen LogP contribution in [0, 0.1) is 63.1 Å². The Morgan fingerprint density at radius 3 is 2.53 bits per heavy atom. The van der Waals surface area contributed by atoms with Crippen molar-refractivity contribution in [3.05, 3.63) is 196 Å². The van der Waals surface area contributed by atoms with Crippen LogP contribution in [-0.2, 0) is 25.5 Å². The van der Waals surface area contributed by atoms with Gasteiger partial charge in [0.15, 0.2) is 11.5 Å². The molecule has 16 bridgehead atoms. The number of nitrogens with one attached hydrogen (secondary N) is 2. The second-order valence-electron chi connectivity index (χ2n) is 33.2. The van der Waals surface area contributed by atoms with Gasteiger partial charge >= 0.3 is 5.97 Å². The first-order chi connectivity index (χ1) is 50.6. The van der Waals surface area contributed by atoms with Gasteiger partial charge in [-0.05, 0) is 212 Å². The molecule has 2 aromatic heterocycles. The van der Waals surface area contributed by atoms with Gasteiger partial charge in [0, 0.05) is 128 Å². The van der Waals surface area contributed by atoms with E-state index in [1.165, 1.54) is 25.7 Å². The van der Waals surface area contributed by atoms with Gasteiger partial charge in [0.25, 0.3) is 0 Å². The number of phenolic OH excluding ortho intramolecular Hbond substituents is 3. The molecule has 0 saturated heterocycles. The number of aliphatic hydroxyl groups is 2. The van der Waals surface area contributed by atoms with E-state index in [1.54, 1.807) is 18.2 Å². The lowest BCUT2D eigenvalue weighted by molar-refractivity contribution is -0.148. The number of allylic oxidation sites excluding steroid dienone is 10. The van der Waals surface area contributed by atoms with E-state index in [1.807, 2.05) is 24.3 Å². The Balaban J connectivity index is 0.896. The Hall–Kier alpha value is -8.97. The zero-order chi connectivity index (χ0) is 71.0. The normalized spacial score (nSPS) is 32.9. The molecule has 0 unspecified atom stereocenters. The number of anilines is 1. The van der Waals surface area contributed by atoms with Crippen LogP contribution in [0.2, 0.25) is 0 Å². The number of aromatic nitrogens is 2. The van der Waals surface area contributed by atoms with Gasteiger partial charge in [0.05, 0.1) is 30.9 Å². The standard InChI is InChI=1S/C89H96N4O11/c1-52(95)103-65-25-29-89-60-13-7-14-61(89)16-9-19-72(89)70-48-90-47-69(70)67(18-8-15-60)81(56-12-6-17-62(96)39-56)57-26-34-91-80(42-57)92(35-27-76(99)54-10-4-3-5-11-54)74-22-20-68-82-71(74)49-93-75(45-64(98)43-65)58-40-77(100)84(78(41-58)102-2)104-66-38-53(37-63(97)44-66)36-55-24-28-86(46-59(55)50-94)30-31-87-32-33-88(51-87,85(68)101)73(83(82)93)21-23-79(86)87/h6-7,9,12-14,17,19-23,26,37-42,44,47-49,54-55,59,61,65,67,72-73,75,79,81,85,90-91,94,96-97,100-101H,3-5,10-11,15-16,24-25,27-36,43,45-46,50-51H2,1-2H3/t55-,59-,61+,65+,67+,72+,73-,75-,79+,81-,85-,86-,87+,88+,89-/m0/s1. The zero-order valence-electron chi connectivity index (χ0n) is 59.8. The van der Waals surface area contributed by atoms with Gasteiger partial charge in [0.1, 0.15) is 40.7 Å². The molecule has 4 spiro atoms. The number of aromatic hydroxyl groups is 3. The second-order valence-corrected chi connectivity index (χ2v) is 33.2. The minimum absolute atomic E-state index is 0.00161. The lowest BCUT2D eigenvalue weighted by atomic mass is 9.53. The summed E-state index contributed by atoms with van der Waals surface area (Å²) in [5.41, 5.74) is 7.84. The van der Waals surface area contributed by atoms with Gasteiger partial charge < -0.3 is 59.5 Å². The largest absolute Gasteiger partial charge is 0.508 e. The van der Waals surface area contributed by atoms with Gasteiger partial charge in [-0.3, -0.25) is 14.4 Å². The number of hydrogen-bond acceptors (Lipinski definition) is 13. The molecule has 6 aromatic rings. The van der Waals surface area contributed by atoms with Gasteiger partial charge in [-0.25, -0.2) is 0 Å². The highest BCUT2D eigenvalue weighted by Gasteiger charge is 2.67. The number of aromatic amines is 1. The van der Waals surface area contributed by atoms with Crippen LogP contribution < -0.4 is 19.7 Å². The van der Waals surface area contributed by atoms with Crippen molar-refractivity contribution >= 4 is 34.0 Å².